The summed E-state index contributed by atoms with van der Waals surface area (Å²) in [5.74, 6) is 1.95. The number of fused-ring (bicyclic) bond motifs is 1. The van der Waals surface area contributed by atoms with Gasteiger partial charge >= 0.3 is 0 Å². The molecule has 0 aliphatic heterocycles. The van der Waals surface area contributed by atoms with Gasteiger partial charge in [0.15, 0.2) is 0 Å². The number of hydrogen-bond acceptors (Lipinski definition) is 2. The van der Waals surface area contributed by atoms with E-state index in [1.54, 1.807) is 0 Å². The summed E-state index contributed by atoms with van der Waals surface area (Å²) >= 11 is 0. The van der Waals surface area contributed by atoms with E-state index in [0.717, 1.165) is 24.5 Å². The smallest absolute Gasteiger partial charge is 0.134 e. The average Bonchev–Trinajstić information content (AvgIpc) is 2.74. The van der Waals surface area contributed by atoms with Gasteiger partial charge in [0, 0.05) is 23.4 Å². The Morgan fingerprint density at radius 2 is 2.05 bits per heavy atom. The molecule has 3 rings (SSSR count). The molecule has 1 aliphatic carbocycles. The lowest BCUT2D eigenvalue weighted by Crippen LogP contribution is -2.32. The molecule has 1 unspecified atom stereocenters. The predicted octanol–water partition coefficient (Wildman–Crippen LogP) is 4.45. The maximum absolute atomic E-state index is 6.05. The van der Waals surface area contributed by atoms with E-state index in [2.05, 4.69) is 43.4 Å². The topological polar surface area (TPSA) is 25.2 Å². The maximum atomic E-state index is 6.05. The summed E-state index contributed by atoms with van der Waals surface area (Å²) in [6.07, 6.45) is 5.04. The molecule has 2 nitrogen and oxygen atoms in total. The first-order valence-electron chi connectivity index (χ1n) is 7.58. The summed E-state index contributed by atoms with van der Waals surface area (Å²) in [5.41, 5.74) is 2.46. The van der Waals surface area contributed by atoms with Crippen LogP contribution in [0.1, 0.15) is 50.5 Å². The number of rotatable bonds is 5. The van der Waals surface area contributed by atoms with Gasteiger partial charge in [0.1, 0.15) is 11.3 Å². The van der Waals surface area contributed by atoms with Crippen LogP contribution in [0, 0.1) is 5.92 Å². The van der Waals surface area contributed by atoms with Crippen molar-refractivity contribution in [3.8, 4) is 0 Å². The van der Waals surface area contributed by atoms with Crippen LogP contribution >= 0.6 is 0 Å². The van der Waals surface area contributed by atoms with E-state index in [9.17, 15) is 0 Å². The number of aryl methyl sites for hydroxylation is 1. The molecule has 2 heteroatoms. The maximum Gasteiger partial charge on any atom is 0.134 e. The zero-order valence-corrected chi connectivity index (χ0v) is 11.9. The molecule has 1 aromatic carbocycles. The van der Waals surface area contributed by atoms with E-state index < -0.39 is 0 Å². The Morgan fingerprint density at radius 1 is 1.26 bits per heavy atom. The van der Waals surface area contributed by atoms with E-state index in [1.807, 2.05) is 0 Å². The van der Waals surface area contributed by atoms with Crippen molar-refractivity contribution in [2.45, 2.75) is 45.6 Å². The molecule has 0 amide bonds. The van der Waals surface area contributed by atoms with Gasteiger partial charge in [-0.1, -0.05) is 38.5 Å². The third kappa shape index (κ3) is 2.18. The van der Waals surface area contributed by atoms with Crippen molar-refractivity contribution in [3.63, 3.8) is 0 Å². The van der Waals surface area contributed by atoms with Crippen LogP contribution in [0.25, 0.3) is 11.0 Å². The number of para-hydroxylation sites is 1. The summed E-state index contributed by atoms with van der Waals surface area (Å²) < 4.78 is 6.05. The minimum Gasteiger partial charge on any atom is -0.461 e. The number of benzene rings is 1. The fourth-order valence-corrected chi connectivity index (χ4v) is 3.22. The van der Waals surface area contributed by atoms with Crippen molar-refractivity contribution in [1.29, 1.82) is 0 Å². The van der Waals surface area contributed by atoms with Gasteiger partial charge < -0.3 is 9.73 Å². The van der Waals surface area contributed by atoms with E-state index in [1.165, 1.54) is 36.0 Å². The molecule has 1 aromatic heterocycles. The normalized spacial score (nSPS) is 17.6. The second-order valence-corrected chi connectivity index (χ2v) is 5.51. The molecule has 1 heterocycles. The summed E-state index contributed by atoms with van der Waals surface area (Å²) in [6.45, 7) is 5.40. The van der Waals surface area contributed by atoms with Crippen LogP contribution in [-0.2, 0) is 6.42 Å². The fraction of sp³-hybridized carbons (Fsp3) is 0.529. The minimum atomic E-state index is 0.470. The molecule has 19 heavy (non-hydrogen) atoms. The first-order valence-corrected chi connectivity index (χ1v) is 7.58. The number of hydrogen-bond donors (Lipinski definition) is 1. The van der Waals surface area contributed by atoms with Gasteiger partial charge in [0.2, 0.25) is 0 Å². The average molecular weight is 257 g/mol. The van der Waals surface area contributed by atoms with E-state index in [-0.39, 0.29) is 0 Å². The second-order valence-electron chi connectivity index (χ2n) is 5.51. The molecule has 1 atom stereocenters. The van der Waals surface area contributed by atoms with Crippen molar-refractivity contribution < 1.29 is 4.42 Å². The molecule has 1 aliphatic rings. The molecule has 102 valence electrons. The Morgan fingerprint density at radius 3 is 2.68 bits per heavy atom. The first kappa shape index (κ1) is 12.7. The standard InChI is InChI=1S/C17H23NO/c1-3-14-16(13-10-5-6-11-15(13)19-14)17(18-4-2)12-8-7-9-12/h5-6,10-12,17-18H,3-4,7-9H2,1-2H3. The number of furan rings is 1. The van der Waals surface area contributed by atoms with Crippen LogP contribution in [0.3, 0.4) is 0 Å². The second kappa shape index (κ2) is 5.38. The van der Waals surface area contributed by atoms with Crippen molar-refractivity contribution in [2.24, 2.45) is 5.92 Å². The lowest BCUT2D eigenvalue weighted by molar-refractivity contribution is 0.232. The van der Waals surface area contributed by atoms with E-state index >= 15 is 0 Å². The van der Waals surface area contributed by atoms with E-state index in [0.29, 0.717) is 6.04 Å². The van der Waals surface area contributed by atoms with E-state index in [4.69, 9.17) is 4.42 Å². The monoisotopic (exact) mass is 257 g/mol. The van der Waals surface area contributed by atoms with Gasteiger partial charge in [-0.2, -0.15) is 0 Å². The molecular weight excluding hydrogens is 234 g/mol. The molecule has 2 aromatic rings. The van der Waals surface area contributed by atoms with Crippen LogP contribution in [0.4, 0.5) is 0 Å². The molecule has 1 fully saturated rings. The van der Waals surface area contributed by atoms with Gasteiger partial charge in [-0.15, -0.1) is 0 Å². The molecule has 1 N–H and O–H groups in total. The van der Waals surface area contributed by atoms with Gasteiger partial charge in [0.05, 0.1) is 0 Å². The van der Waals surface area contributed by atoms with Gasteiger partial charge in [-0.25, -0.2) is 0 Å². The highest BCUT2D eigenvalue weighted by atomic mass is 16.3. The Kier molecular flexibility index (Phi) is 3.61. The Bertz CT molecular complexity index is 553. The highest BCUT2D eigenvalue weighted by Crippen LogP contribution is 2.42. The molecule has 0 radical (unpaired) electrons. The summed E-state index contributed by atoms with van der Waals surface area (Å²) in [5, 5.41) is 5.00. The molecule has 1 saturated carbocycles. The largest absolute Gasteiger partial charge is 0.461 e. The molecule has 0 saturated heterocycles. The summed E-state index contributed by atoms with van der Waals surface area (Å²) in [7, 11) is 0. The zero-order chi connectivity index (χ0) is 13.2. The fourth-order valence-electron chi connectivity index (χ4n) is 3.22. The predicted molar refractivity (Wildman–Crippen MR) is 79.4 cm³/mol. The van der Waals surface area contributed by atoms with Crippen molar-refractivity contribution in [1.82, 2.24) is 5.32 Å². The van der Waals surface area contributed by atoms with Crippen LogP contribution in [0.2, 0.25) is 0 Å². The summed E-state index contributed by atoms with van der Waals surface area (Å²) in [6, 6.07) is 8.93. The van der Waals surface area contributed by atoms with Crippen LogP contribution in [0.5, 0.6) is 0 Å². The van der Waals surface area contributed by atoms with Crippen LogP contribution in [0.15, 0.2) is 28.7 Å². The third-order valence-electron chi connectivity index (χ3n) is 4.39. The summed E-state index contributed by atoms with van der Waals surface area (Å²) in [4.78, 5) is 0. The van der Waals surface area contributed by atoms with Gasteiger partial charge in [-0.05, 0) is 31.4 Å². The number of nitrogens with one attached hydrogen (secondary N) is 1. The molecule has 0 spiro atoms. The molecule has 0 bridgehead atoms. The Hall–Kier alpha value is -1.28. The van der Waals surface area contributed by atoms with Crippen molar-refractivity contribution in [3.05, 3.63) is 35.6 Å². The Labute approximate surface area is 115 Å². The minimum absolute atomic E-state index is 0.470. The highest BCUT2D eigenvalue weighted by molar-refractivity contribution is 5.82. The first-order chi connectivity index (χ1) is 9.35. The van der Waals surface area contributed by atoms with Crippen molar-refractivity contribution >= 4 is 11.0 Å². The SMILES string of the molecule is CCNC(c1c(CC)oc2ccccc12)C1CCC1. The van der Waals surface area contributed by atoms with Gasteiger partial charge in [0.25, 0.3) is 0 Å². The Balaban J connectivity index is 2.09. The lowest BCUT2D eigenvalue weighted by atomic mass is 9.76. The van der Waals surface area contributed by atoms with Crippen LogP contribution in [-0.4, -0.2) is 6.54 Å². The highest BCUT2D eigenvalue weighted by Gasteiger charge is 2.31. The van der Waals surface area contributed by atoms with Crippen LogP contribution < -0.4 is 5.32 Å². The quantitative estimate of drug-likeness (QED) is 0.856. The molecular formula is C17H23NO. The third-order valence-corrected chi connectivity index (χ3v) is 4.39. The zero-order valence-electron chi connectivity index (χ0n) is 11.9. The lowest BCUT2D eigenvalue weighted by Gasteiger charge is -2.34. The van der Waals surface area contributed by atoms with Gasteiger partial charge in [-0.3, -0.25) is 0 Å². The van der Waals surface area contributed by atoms with Crippen molar-refractivity contribution in [2.75, 3.05) is 6.54 Å².